The Balaban J connectivity index is 1.55. The van der Waals surface area contributed by atoms with Crippen LogP contribution >= 0.6 is 11.6 Å². The number of benzene rings is 1. The number of aromatic nitrogens is 2. The van der Waals surface area contributed by atoms with Gasteiger partial charge in [0.2, 0.25) is 0 Å². The van der Waals surface area contributed by atoms with E-state index in [1.54, 1.807) is 0 Å². The maximum atomic E-state index is 12.9. The Labute approximate surface area is 173 Å². The van der Waals surface area contributed by atoms with Crippen molar-refractivity contribution in [3.63, 3.8) is 0 Å². The Morgan fingerprint density at radius 3 is 2.30 bits per heavy atom. The standard InChI is InChI=1S/C19H18ClF6N3O/c20-15-6-3-12(18(21,22)23)9-14(15)17(30)27-13-4-1-11(2-5-13)10-29-8-7-16(28-29)19(24,25)26/h3,6-9,11,13H,1-2,4-5,10H2,(H,27,30). The molecule has 0 atom stereocenters. The van der Waals surface area contributed by atoms with Gasteiger partial charge in [-0.05, 0) is 55.9 Å². The highest BCUT2D eigenvalue weighted by Crippen LogP contribution is 2.32. The SMILES string of the molecule is O=C(NC1CCC(Cn2ccc(C(F)(F)F)n2)CC1)c1cc(C(F)(F)F)ccc1Cl. The van der Waals surface area contributed by atoms with Gasteiger partial charge in [0.1, 0.15) is 0 Å². The molecule has 1 aromatic carbocycles. The van der Waals surface area contributed by atoms with E-state index in [9.17, 15) is 31.1 Å². The molecule has 1 aliphatic carbocycles. The fourth-order valence-corrected chi connectivity index (χ4v) is 3.71. The van der Waals surface area contributed by atoms with Crippen LogP contribution in [0.3, 0.4) is 0 Å². The van der Waals surface area contributed by atoms with E-state index < -0.39 is 29.5 Å². The molecule has 0 aliphatic heterocycles. The average Bonchev–Trinajstić information content (AvgIpc) is 3.11. The molecule has 0 spiro atoms. The van der Waals surface area contributed by atoms with Gasteiger partial charge in [-0.15, -0.1) is 0 Å². The van der Waals surface area contributed by atoms with Crippen LogP contribution in [0.5, 0.6) is 0 Å². The van der Waals surface area contributed by atoms with Crippen molar-refractivity contribution in [2.45, 2.75) is 50.6 Å². The van der Waals surface area contributed by atoms with Crippen LogP contribution in [0.2, 0.25) is 5.02 Å². The lowest BCUT2D eigenvalue weighted by Gasteiger charge is -2.29. The number of alkyl halides is 6. The summed E-state index contributed by atoms with van der Waals surface area (Å²) in [6.07, 6.45) is -5.40. The van der Waals surface area contributed by atoms with E-state index in [0.717, 1.165) is 24.3 Å². The molecule has 0 saturated heterocycles. The molecule has 1 heterocycles. The minimum Gasteiger partial charge on any atom is -0.349 e. The molecule has 164 valence electrons. The Morgan fingerprint density at radius 2 is 1.73 bits per heavy atom. The molecular formula is C19H18ClF6N3O. The molecule has 0 bridgehead atoms. The quantitative estimate of drug-likeness (QED) is 0.616. The molecule has 1 aliphatic rings. The van der Waals surface area contributed by atoms with E-state index in [4.69, 9.17) is 11.6 Å². The van der Waals surface area contributed by atoms with Gasteiger partial charge in [0.25, 0.3) is 5.91 Å². The number of amides is 1. The van der Waals surface area contributed by atoms with Gasteiger partial charge < -0.3 is 5.32 Å². The summed E-state index contributed by atoms with van der Waals surface area (Å²) >= 11 is 5.89. The third-order valence-corrected chi connectivity index (χ3v) is 5.43. The first-order valence-corrected chi connectivity index (χ1v) is 9.59. The Hall–Kier alpha value is -2.23. The number of rotatable bonds is 4. The van der Waals surface area contributed by atoms with Crippen molar-refractivity contribution < 1.29 is 31.1 Å². The van der Waals surface area contributed by atoms with Gasteiger partial charge >= 0.3 is 12.4 Å². The fourth-order valence-electron chi connectivity index (χ4n) is 3.51. The van der Waals surface area contributed by atoms with Gasteiger partial charge in [0.05, 0.1) is 16.1 Å². The van der Waals surface area contributed by atoms with Crippen molar-refractivity contribution >= 4 is 17.5 Å². The number of nitrogens with one attached hydrogen (secondary N) is 1. The highest BCUT2D eigenvalue weighted by molar-refractivity contribution is 6.33. The van der Waals surface area contributed by atoms with Crippen LogP contribution in [-0.2, 0) is 18.9 Å². The molecule has 2 aromatic rings. The normalized spacial score (nSPS) is 20.2. The van der Waals surface area contributed by atoms with Crippen LogP contribution < -0.4 is 5.32 Å². The largest absolute Gasteiger partial charge is 0.435 e. The maximum Gasteiger partial charge on any atom is 0.435 e. The third kappa shape index (κ3) is 5.47. The minimum atomic E-state index is -4.59. The summed E-state index contributed by atoms with van der Waals surface area (Å²) in [5.74, 6) is -0.590. The molecule has 1 aromatic heterocycles. The number of carbonyl (C=O) groups excluding carboxylic acids is 1. The smallest absolute Gasteiger partial charge is 0.349 e. The highest BCUT2D eigenvalue weighted by atomic mass is 35.5. The molecule has 11 heteroatoms. The fraction of sp³-hybridized carbons (Fsp3) is 0.474. The van der Waals surface area contributed by atoms with Crippen molar-refractivity contribution in [3.8, 4) is 0 Å². The Kier molecular flexibility index (Phi) is 6.35. The van der Waals surface area contributed by atoms with E-state index in [-0.39, 0.29) is 22.5 Å². The van der Waals surface area contributed by atoms with Crippen molar-refractivity contribution in [2.24, 2.45) is 5.92 Å². The number of hydrogen-bond acceptors (Lipinski definition) is 2. The second kappa shape index (κ2) is 8.49. The first-order chi connectivity index (χ1) is 13.9. The lowest BCUT2D eigenvalue weighted by atomic mass is 9.86. The van der Waals surface area contributed by atoms with Gasteiger partial charge in [-0.3, -0.25) is 9.48 Å². The molecule has 1 saturated carbocycles. The van der Waals surface area contributed by atoms with Gasteiger partial charge in [0, 0.05) is 18.8 Å². The van der Waals surface area contributed by atoms with Crippen LogP contribution in [0, 0.1) is 5.92 Å². The van der Waals surface area contributed by atoms with E-state index in [1.807, 2.05) is 0 Å². The van der Waals surface area contributed by atoms with Gasteiger partial charge in [-0.1, -0.05) is 11.6 Å². The lowest BCUT2D eigenvalue weighted by Crippen LogP contribution is -2.38. The second-order valence-electron chi connectivity index (χ2n) is 7.30. The molecule has 30 heavy (non-hydrogen) atoms. The molecule has 1 amide bonds. The zero-order valence-corrected chi connectivity index (χ0v) is 16.3. The zero-order chi connectivity index (χ0) is 22.1. The molecule has 4 nitrogen and oxygen atoms in total. The number of carbonyl (C=O) groups is 1. The summed E-state index contributed by atoms with van der Waals surface area (Å²) in [4.78, 5) is 12.4. The van der Waals surface area contributed by atoms with E-state index in [2.05, 4.69) is 10.4 Å². The number of nitrogens with zero attached hydrogens (tertiary/aromatic N) is 2. The summed E-state index contributed by atoms with van der Waals surface area (Å²) in [6.45, 7) is 0.330. The molecule has 3 rings (SSSR count). The summed E-state index contributed by atoms with van der Waals surface area (Å²) in [5.41, 5.74) is -2.15. The summed E-state index contributed by atoms with van der Waals surface area (Å²) in [6, 6.07) is 3.24. The molecule has 1 N–H and O–H groups in total. The van der Waals surface area contributed by atoms with E-state index in [0.29, 0.717) is 32.2 Å². The molecule has 1 fully saturated rings. The third-order valence-electron chi connectivity index (χ3n) is 5.10. The van der Waals surface area contributed by atoms with Crippen molar-refractivity contribution in [1.29, 1.82) is 0 Å². The van der Waals surface area contributed by atoms with Crippen molar-refractivity contribution in [1.82, 2.24) is 15.1 Å². The summed E-state index contributed by atoms with van der Waals surface area (Å²) in [7, 11) is 0. The first kappa shape index (κ1) is 22.5. The lowest BCUT2D eigenvalue weighted by molar-refractivity contribution is -0.141. The monoisotopic (exact) mass is 453 g/mol. The summed E-state index contributed by atoms with van der Waals surface area (Å²) < 4.78 is 77.7. The molecular weight excluding hydrogens is 436 g/mol. The van der Waals surface area contributed by atoms with Gasteiger partial charge in [0.15, 0.2) is 5.69 Å². The van der Waals surface area contributed by atoms with Crippen LogP contribution in [0.25, 0.3) is 0 Å². The minimum absolute atomic E-state index is 0.0756. The highest BCUT2D eigenvalue weighted by Gasteiger charge is 2.34. The topological polar surface area (TPSA) is 46.9 Å². The van der Waals surface area contributed by atoms with Gasteiger partial charge in [-0.25, -0.2) is 0 Å². The zero-order valence-electron chi connectivity index (χ0n) is 15.5. The average molecular weight is 454 g/mol. The number of halogens is 7. The molecule has 0 radical (unpaired) electrons. The summed E-state index contributed by atoms with van der Waals surface area (Å²) in [5, 5.41) is 6.16. The Morgan fingerprint density at radius 1 is 1.07 bits per heavy atom. The first-order valence-electron chi connectivity index (χ1n) is 9.21. The van der Waals surface area contributed by atoms with Crippen LogP contribution in [0.15, 0.2) is 30.5 Å². The second-order valence-corrected chi connectivity index (χ2v) is 7.71. The Bertz CT molecular complexity index is 900. The van der Waals surface area contributed by atoms with Crippen LogP contribution in [-0.4, -0.2) is 21.7 Å². The molecule has 0 unspecified atom stereocenters. The van der Waals surface area contributed by atoms with Crippen molar-refractivity contribution in [2.75, 3.05) is 0 Å². The maximum absolute atomic E-state index is 12.9. The van der Waals surface area contributed by atoms with E-state index in [1.165, 1.54) is 10.9 Å². The predicted molar refractivity (Wildman–Crippen MR) is 96.9 cm³/mol. The van der Waals surface area contributed by atoms with E-state index >= 15 is 0 Å². The van der Waals surface area contributed by atoms with Crippen LogP contribution in [0.1, 0.15) is 47.3 Å². The van der Waals surface area contributed by atoms with Crippen LogP contribution in [0.4, 0.5) is 26.3 Å². The number of hydrogen-bond donors (Lipinski definition) is 1. The predicted octanol–water partition coefficient (Wildman–Crippen LogP) is 5.56. The van der Waals surface area contributed by atoms with Gasteiger partial charge in [-0.2, -0.15) is 31.4 Å². The van der Waals surface area contributed by atoms with Crippen molar-refractivity contribution in [3.05, 3.63) is 52.3 Å².